The average Bonchev–Trinajstić information content (AvgIpc) is 2.85. The number of nitrogens with zero attached hydrogens (tertiary/aromatic N) is 4. The van der Waals surface area contributed by atoms with Gasteiger partial charge in [-0.05, 0) is 6.92 Å². The van der Waals surface area contributed by atoms with Gasteiger partial charge in [0.25, 0.3) is 5.56 Å². The first kappa shape index (κ1) is 12.7. The lowest BCUT2D eigenvalue weighted by atomic mass is 10.3. The Labute approximate surface area is 105 Å². The number of hydrogen-bond donors (Lipinski definition) is 1. The fourth-order valence-corrected chi connectivity index (χ4v) is 1.80. The minimum atomic E-state index is -0.192. The zero-order chi connectivity index (χ0) is 13.0. The molecule has 1 aliphatic rings. The second-order valence-corrected chi connectivity index (χ2v) is 3.93. The summed E-state index contributed by atoms with van der Waals surface area (Å²) in [5, 5.41) is 6.84. The Balaban J connectivity index is 2.27. The molecule has 0 aliphatic carbocycles. The third-order valence-electron chi connectivity index (χ3n) is 2.61. The van der Waals surface area contributed by atoms with Crippen LogP contribution in [0, 0.1) is 0 Å². The van der Waals surface area contributed by atoms with Crippen LogP contribution in [0.4, 0.5) is 5.95 Å². The van der Waals surface area contributed by atoms with Crippen LogP contribution in [0.1, 0.15) is 12.6 Å². The van der Waals surface area contributed by atoms with Crippen LogP contribution in [0.5, 0.6) is 0 Å². The third kappa shape index (κ3) is 2.74. The van der Waals surface area contributed by atoms with E-state index in [0.717, 1.165) is 18.8 Å². The molecule has 1 fully saturated rings. The highest BCUT2D eigenvalue weighted by Gasteiger charge is 2.14. The molecule has 0 spiro atoms. The molecule has 0 radical (unpaired) electrons. The lowest BCUT2D eigenvalue weighted by Gasteiger charge is -2.13. The molecular formula is C11H17N5O2. The summed E-state index contributed by atoms with van der Waals surface area (Å²) in [6.07, 6.45) is 1.55. The van der Waals surface area contributed by atoms with Gasteiger partial charge in [0.1, 0.15) is 0 Å². The van der Waals surface area contributed by atoms with E-state index >= 15 is 0 Å². The summed E-state index contributed by atoms with van der Waals surface area (Å²) in [5.74, 6) is 0.440. The minimum absolute atomic E-state index is 0.192. The molecule has 98 valence electrons. The summed E-state index contributed by atoms with van der Waals surface area (Å²) in [6.45, 7) is 4.55. The van der Waals surface area contributed by atoms with Crippen LogP contribution < -0.4 is 10.9 Å². The highest BCUT2D eigenvalue weighted by Crippen LogP contribution is 2.07. The van der Waals surface area contributed by atoms with Crippen molar-refractivity contribution in [3.8, 4) is 0 Å². The smallest absolute Gasteiger partial charge is 0.275 e. The fourth-order valence-electron chi connectivity index (χ4n) is 1.80. The van der Waals surface area contributed by atoms with Crippen LogP contribution in [0.15, 0.2) is 16.0 Å². The summed E-state index contributed by atoms with van der Waals surface area (Å²) in [6, 6.07) is 1.51. The van der Waals surface area contributed by atoms with Crippen molar-refractivity contribution in [3.05, 3.63) is 22.1 Å². The molecular weight excluding hydrogens is 234 g/mol. The van der Waals surface area contributed by atoms with E-state index < -0.39 is 0 Å². The Hall–Kier alpha value is -1.73. The molecule has 2 rings (SSSR count). The predicted octanol–water partition coefficient (Wildman–Crippen LogP) is -0.0715. The van der Waals surface area contributed by atoms with Crippen molar-refractivity contribution in [2.24, 2.45) is 5.10 Å². The van der Waals surface area contributed by atoms with Gasteiger partial charge in [-0.3, -0.25) is 9.69 Å². The topological polar surface area (TPSA) is 71.8 Å². The molecule has 2 heterocycles. The molecule has 7 heteroatoms. The largest absolute Gasteiger partial charge is 0.365 e. The molecule has 0 amide bonds. The number of nitrogens with one attached hydrogen (secondary N) is 1. The number of ether oxygens (including phenoxy) is 1. The van der Waals surface area contributed by atoms with Gasteiger partial charge in [-0.2, -0.15) is 9.78 Å². The molecule has 0 aromatic carbocycles. The maximum Gasteiger partial charge on any atom is 0.275 e. The van der Waals surface area contributed by atoms with E-state index in [1.165, 1.54) is 10.7 Å². The predicted molar refractivity (Wildman–Crippen MR) is 68.8 cm³/mol. The fraction of sp³-hybridized carbons (Fsp3) is 0.545. The SMILES string of the molecule is C/C=N/n1c(NC)nc(CN2CCOC2)cc1=O. The number of aromatic nitrogens is 2. The van der Waals surface area contributed by atoms with E-state index in [9.17, 15) is 4.79 Å². The molecule has 0 bridgehead atoms. The van der Waals surface area contributed by atoms with Crippen molar-refractivity contribution in [2.75, 3.05) is 32.2 Å². The van der Waals surface area contributed by atoms with Crippen molar-refractivity contribution in [1.29, 1.82) is 0 Å². The van der Waals surface area contributed by atoms with Crippen LogP contribution in [0.2, 0.25) is 0 Å². The Bertz CT molecular complexity index is 491. The van der Waals surface area contributed by atoms with E-state index in [1.807, 2.05) is 0 Å². The summed E-state index contributed by atoms with van der Waals surface area (Å²) in [5.41, 5.74) is 0.528. The summed E-state index contributed by atoms with van der Waals surface area (Å²) >= 11 is 0. The number of anilines is 1. The highest BCUT2D eigenvalue weighted by molar-refractivity contribution is 5.53. The Morgan fingerprint density at radius 1 is 1.67 bits per heavy atom. The van der Waals surface area contributed by atoms with Crippen LogP contribution >= 0.6 is 0 Å². The molecule has 1 aliphatic heterocycles. The normalized spacial score (nSPS) is 16.6. The summed E-state index contributed by atoms with van der Waals surface area (Å²) < 4.78 is 6.49. The van der Waals surface area contributed by atoms with E-state index in [0.29, 0.717) is 19.2 Å². The third-order valence-corrected chi connectivity index (χ3v) is 2.61. The van der Waals surface area contributed by atoms with Gasteiger partial charge >= 0.3 is 0 Å². The second kappa shape index (κ2) is 5.74. The number of hydrogen-bond acceptors (Lipinski definition) is 6. The van der Waals surface area contributed by atoms with E-state index in [1.54, 1.807) is 20.2 Å². The van der Waals surface area contributed by atoms with Gasteiger partial charge in [-0.1, -0.05) is 0 Å². The van der Waals surface area contributed by atoms with Gasteiger partial charge in [0.05, 0.1) is 19.0 Å². The quantitative estimate of drug-likeness (QED) is 0.758. The Kier molecular flexibility index (Phi) is 4.06. The molecule has 1 aromatic heterocycles. The zero-order valence-corrected chi connectivity index (χ0v) is 10.6. The molecule has 1 N–H and O–H groups in total. The molecule has 7 nitrogen and oxygen atoms in total. The Morgan fingerprint density at radius 2 is 2.50 bits per heavy atom. The molecule has 1 saturated heterocycles. The maximum absolute atomic E-state index is 11.9. The standard InChI is InChI=1S/C11H17N5O2/c1-3-13-16-10(17)6-9(14-11(16)12-2)7-15-4-5-18-8-15/h3,6H,4-5,7-8H2,1-2H3,(H,12,14)/b13-3+. The van der Waals surface area contributed by atoms with Crippen molar-refractivity contribution in [2.45, 2.75) is 13.5 Å². The first-order chi connectivity index (χ1) is 8.74. The first-order valence-corrected chi connectivity index (χ1v) is 5.84. The second-order valence-electron chi connectivity index (χ2n) is 3.93. The van der Waals surface area contributed by atoms with Gasteiger partial charge in [-0.15, -0.1) is 0 Å². The van der Waals surface area contributed by atoms with Gasteiger partial charge in [-0.25, -0.2) is 4.98 Å². The van der Waals surface area contributed by atoms with Crippen LogP contribution in [-0.4, -0.2) is 47.7 Å². The maximum atomic E-state index is 11.9. The zero-order valence-electron chi connectivity index (χ0n) is 10.6. The molecule has 0 saturated carbocycles. The average molecular weight is 251 g/mol. The summed E-state index contributed by atoms with van der Waals surface area (Å²) in [4.78, 5) is 18.4. The highest BCUT2D eigenvalue weighted by atomic mass is 16.5. The lowest BCUT2D eigenvalue weighted by molar-refractivity contribution is 0.136. The van der Waals surface area contributed by atoms with Crippen molar-refractivity contribution in [3.63, 3.8) is 0 Å². The van der Waals surface area contributed by atoms with Crippen LogP contribution in [0.25, 0.3) is 0 Å². The van der Waals surface area contributed by atoms with Crippen molar-refractivity contribution in [1.82, 2.24) is 14.6 Å². The molecule has 18 heavy (non-hydrogen) atoms. The van der Waals surface area contributed by atoms with Crippen LogP contribution in [-0.2, 0) is 11.3 Å². The van der Waals surface area contributed by atoms with Crippen molar-refractivity contribution >= 4 is 12.2 Å². The van der Waals surface area contributed by atoms with Gasteiger partial charge in [0, 0.05) is 32.4 Å². The first-order valence-electron chi connectivity index (χ1n) is 5.84. The Morgan fingerprint density at radius 3 is 3.11 bits per heavy atom. The van der Waals surface area contributed by atoms with Crippen molar-refractivity contribution < 1.29 is 4.74 Å². The van der Waals surface area contributed by atoms with E-state index in [4.69, 9.17) is 4.74 Å². The van der Waals surface area contributed by atoms with E-state index in [2.05, 4.69) is 20.3 Å². The van der Waals surface area contributed by atoms with Gasteiger partial charge < -0.3 is 10.1 Å². The van der Waals surface area contributed by atoms with E-state index in [-0.39, 0.29) is 5.56 Å². The molecule has 0 unspecified atom stereocenters. The summed E-state index contributed by atoms with van der Waals surface area (Å²) in [7, 11) is 1.71. The van der Waals surface area contributed by atoms with Gasteiger partial charge in [0.2, 0.25) is 5.95 Å². The molecule has 0 atom stereocenters. The van der Waals surface area contributed by atoms with Crippen LogP contribution in [0.3, 0.4) is 0 Å². The lowest BCUT2D eigenvalue weighted by Crippen LogP contribution is -2.25. The number of rotatable bonds is 4. The van der Waals surface area contributed by atoms with Gasteiger partial charge in [0.15, 0.2) is 0 Å². The monoisotopic (exact) mass is 251 g/mol. The minimum Gasteiger partial charge on any atom is -0.365 e. The molecule has 1 aromatic rings.